The summed E-state index contributed by atoms with van der Waals surface area (Å²) in [4.78, 5) is 0. The molecule has 0 radical (unpaired) electrons. The normalized spacial score (nSPS) is 23.6. The molecule has 2 rings (SSSR count). The molecule has 0 amide bonds. The van der Waals surface area contributed by atoms with Gasteiger partial charge < -0.3 is 9.47 Å². The quantitative estimate of drug-likeness (QED) is 0.752. The largest absolute Gasteiger partial charge is 0.497 e. The topological polar surface area (TPSA) is 40.4 Å². The first-order chi connectivity index (χ1) is 7.33. The Bertz CT molecular complexity index is 310. The van der Waals surface area contributed by atoms with Gasteiger partial charge in [-0.25, -0.2) is 0 Å². The molecule has 3 nitrogen and oxygen atoms in total. The van der Waals surface area contributed by atoms with Gasteiger partial charge in [0.2, 0.25) is 0 Å². The second-order valence-electron chi connectivity index (χ2n) is 3.78. The van der Waals surface area contributed by atoms with E-state index in [0.29, 0.717) is 6.04 Å². The van der Waals surface area contributed by atoms with Gasteiger partial charge in [0.1, 0.15) is 11.5 Å². The maximum Gasteiger partial charge on any atom is 0.166 e. The summed E-state index contributed by atoms with van der Waals surface area (Å²) in [5, 5.41) is 3.29. The zero-order valence-electron chi connectivity index (χ0n) is 9.19. The summed E-state index contributed by atoms with van der Waals surface area (Å²) in [6.45, 7) is 2.18. The van der Waals surface area contributed by atoms with Crippen LogP contribution >= 0.6 is 0 Å². The highest BCUT2D eigenvalue weighted by Gasteiger charge is 2.37. The molecule has 82 valence electrons. The Morgan fingerprint density at radius 1 is 1.20 bits per heavy atom. The molecular formula is C12H17NO2. The lowest BCUT2D eigenvalue weighted by Gasteiger charge is -2.04. The summed E-state index contributed by atoms with van der Waals surface area (Å²) in [6.07, 6.45) is 2.58. The van der Waals surface area contributed by atoms with Gasteiger partial charge in [-0.1, -0.05) is 13.3 Å². The molecule has 3 heteroatoms. The number of hydrogen-bond donors (Lipinski definition) is 1. The Balaban J connectivity index is 1.84. The van der Waals surface area contributed by atoms with E-state index in [1.807, 2.05) is 24.3 Å². The van der Waals surface area contributed by atoms with Gasteiger partial charge in [-0.3, -0.25) is 5.32 Å². The van der Waals surface area contributed by atoms with Crippen molar-refractivity contribution in [2.24, 2.45) is 0 Å². The van der Waals surface area contributed by atoms with Crippen LogP contribution in [-0.2, 0) is 0 Å². The number of hydrogen-bond acceptors (Lipinski definition) is 3. The third-order valence-electron chi connectivity index (χ3n) is 2.56. The molecule has 0 aliphatic carbocycles. The monoisotopic (exact) mass is 207 g/mol. The molecule has 1 saturated heterocycles. The van der Waals surface area contributed by atoms with E-state index < -0.39 is 0 Å². The van der Waals surface area contributed by atoms with Gasteiger partial charge in [-0.05, 0) is 30.7 Å². The highest BCUT2D eigenvalue weighted by molar-refractivity contribution is 5.31. The standard InChI is InChI=1S/C12H17NO2/c1-3-4-11-12(13-11)15-10-7-5-9(14-2)6-8-10/h5-8,11-13H,3-4H2,1-2H3. The molecular weight excluding hydrogens is 190 g/mol. The van der Waals surface area contributed by atoms with Crippen molar-refractivity contribution in [1.29, 1.82) is 0 Å². The van der Waals surface area contributed by atoms with Crippen LogP contribution in [0.25, 0.3) is 0 Å². The smallest absolute Gasteiger partial charge is 0.166 e. The lowest BCUT2D eigenvalue weighted by molar-refractivity contribution is 0.286. The van der Waals surface area contributed by atoms with Gasteiger partial charge in [0, 0.05) is 0 Å². The van der Waals surface area contributed by atoms with Crippen LogP contribution in [0.3, 0.4) is 0 Å². The van der Waals surface area contributed by atoms with Gasteiger partial charge >= 0.3 is 0 Å². The molecule has 0 aromatic heterocycles. The fraction of sp³-hybridized carbons (Fsp3) is 0.500. The predicted octanol–water partition coefficient (Wildman–Crippen LogP) is 2.17. The minimum absolute atomic E-state index is 0.207. The SMILES string of the molecule is CCCC1NC1Oc1ccc(OC)cc1. The van der Waals surface area contributed by atoms with Crippen molar-refractivity contribution in [3.8, 4) is 11.5 Å². The number of methoxy groups -OCH3 is 1. The Morgan fingerprint density at radius 2 is 1.87 bits per heavy atom. The van der Waals surface area contributed by atoms with Gasteiger partial charge in [0.25, 0.3) is 0 Å². The number of benzene rings is 1. The molecule has 1 aliphatic rings. The predicted molar refractivity (Wildman–Crippen MR) is 59.2 cm³/mol. The Labute approximate surface area is 90.4 Å². The minimum atomic E-state index is 0.207. The molecule has 1 aromatic rings. The molecule has 1 N–H and O–H groups in total. The van der Waals surface area contributed by atoms with Gasteiger partial charge in [0.15, 0.2) is 6.23 Å². The summed E-state index contributed by atoms with van der Waals surface area (Å²) >= 11 is 0. The van der Waals surface area contributed by atoms with Crippen molar-refractivity contribution >= 4 is 0 Å². The minimum Gasteiger partial charge on any atom is -0.497 e. The molecule has 1 aromatic carbocycles. The zero-order valence-corrected chi connectivity index (χ0v) is 9.19. The summed E-state index contributed by atoms with van der Waals surface area (Å²) in [5.41, 5.74) is 0. The molecule has 0 saturated carbocycles. The fourth-order valence-corrected chi connectivity index (χ4v) is 1.62. The lowest BCUT2D eigenvalue weighted by atomic mass is 10.2. The first-order valence-electron chi connectivity index (χ1n) is 5.40. The van der Waals surface area contributed by atoms with Crippen molar-refractivity contribution in [1.82, 2.24) is 5.32 Å². The number of rotatable bonds is 5. The lowest BCUT2D eigenvalue weighted by Crippen LogP contribution is -2.03. The van der Waals surface area contributed by atoms with Crippen LogP contribution in [0.1, 0.15) is 19.8 Å². The van der Waals surface area contributed by atoms with Crippen LogP contribution in [0, 0.1) is 0 Å². The van der Waals surface area contributed by atoms with E-state index in [2.05, 4.69) is 12.2 Å². The second kappa shape index (κ2) is 4.53. The number of ether oxygens (including phenoxy) is 2. The van der Waals surface area contributed by atoms with E-state index in [1.165, 1.54) is 12.8 Å². The van der Waals surface area contributed by atoms with Crippen LogP contribution in [0.2, 0.25) is 0 Å². The molecule has 1 aliphatic heterocycles. The Hall–Kier alpha value is -1.22. The van der Waals surface area contributed by atoms with Gasteiger partial charge in [-0.15, -0.1) is 0 Å². The molecule has 2 atom stereocenters. The number of nitrogens with one attached hydrogen (secondary N) is 1. The van der Waals surface area contributed by atoms with Crippen molar-refractivity contribution in [2.45, 2.75) is 32.0 Å². The van der Waals surface area contributed by atoms with E-state index in [1.54, 1.807) is 7.11 Å². The average Bonchev–Trinajstić information content (AvgIpc) is 2.98. The summed E-state index contributed by atoms with van der Waals surface area (Å²) in [6, 6.07) is 8.22. The summed E-state index contributed by atoms with van der Waals surface area (Å²) in [7, 11) is 1.66. The van der Waals surface area contributed by atoms with Crippen LogP contribution in [0.5, 0.6) is 11.5 Å². The molecule has 15 heavy (non-hydrogen) atoms. The van der Waals surface area contributed by atoms with Crippen molar-refractivity contribution in [3.63, 3.8) is 0 Å². The van der Waals surface area contributed by atoms with Crippen LogP contribution < -0.4 is 14.8 Å². The maximum absolute atomic E-state index is 5.72. The fourth-order valence-electron chi connectivity index (χ4n) is 1.62. The van der Waals surface area contributed by atoms with Crippen LogP contribution in [-0.4, -0.2) is 19.4 Å². The Morgan fingerprint density at radius 3 is 2.47 bits per heavy atom. The highest BCUT2D eigenvalue weighted by atomic mass is 16.5. The Kier molecular flexibility index (Phi) is 3.11. The molecule has 0 spiro atoms. The second-order valence-corrected chi connectivity index (χ2v) is 3.78. The molecule has 0 bridgehead atoms. The van der Waals surface area contributed by atoms with Crippen molar-refractivity contribution < 1.29 is 9.47 Å². The molecule has 2 unspecified atom stereocenters. The van der Waals surface area contributed by atoms with E-state index in [-0.39, 0.29) is 6.23 Å². The van der Waals surface area contributed by atoms with Gasteiger partial charge in [-0.2, -0.15) is 0 Å². The summed E-state index contributed by atoms with van der Waals surface area (Å²) < 4.78 is 10.8. The van der Waals surface area contributed by atoms with Crippen molar-refractivity contribution in [2.75, 3.05) is 7.11 Å². The summed E-state index contributed by atoms with van der Waals surface area (Å²) in [5.74, 6) is 1.75. The third kappa shape index (κ3) is 2.63. The van der Waals surface area contributed by atoms with Gasteiger partial charge in [0.05, 0.1) is 13.2 Å². The average molecular weight is 207 g/mol. The van der Waals surface area contributed by atoms with E-state index in [0.717, 1.165) is 11.5 Å². The maximum atomic E-state index is 5.72. The van der Waals surface area contributed by atoms with E-state index in [9.17, 15) is 0 Å². The third-order valence-corrected chi connectivity index (χ3v) is 2.56. The molecule has 1 heterocycles. The highest BCUT2D eigenvalue weighted by Crippen LogP contribution is 2.23. The first-order valence-corrected chi connectivity index (χ1v) is 5.40. The zero-order chi connectivity index (χ0) is 10.7. The van der Waals surface area contributed by atoms with Crippen molar-refractivity contribution in [3.05, 3.63) is 24.3 Å². The molecule has 1 fully saturated rings. The van der Waals surface area contributed by atoms with Crippen LogP contribution in [0.15, 0.2) is 24.3 Å². The van der Waals surface area contributed by atoms with Crippen LogP contribution in [0.4, 0.5) is 0 Å². The first kappa shape index (κ1) is 10.3. The van der Waals surface area contributed by atoms with E-state index >= 15 is 0 Å². The van der Waals surface area contributed by atoms with E-state index in [4.69, 9.17) is 9.47 Å².